The third-order valence-corrected chi connectivity index (χ3v) is 3.76. The predicted octanol–water partition coefficient (Wildman–Crippen LogP) is 0.382. The molecule has 0 spiro atoms. The lowest BCUT2D eigenvalue weighted by atomic mass is 9.85. The molecule has 0 aliphatic heterocycles. The molecular formula is C14H27N3O3. The van der Waals surface area contributed by atoms with Crippen LogP contribution >= 0.6 is 0 Å². The van der Waals surface area contributed by atoms with Crippen LogP contribution in [0.25, 0.3) is 0 Å². The zero-order valence-electron chi connectivity index (χ0n) is 12.8. The number of likely N-dealkylation sites (N-methyl/N-ethyl adjacent to an activating group) is 2. The summed E-state index contributed by atoms with van der Waals surface area (Å²) in [5, 5.41) is 11.8. The highest BCUT2D eigenvalue weighted by atomic mass is 16.4. The highest BCUT2D eigenvalue weighted by molar-refractivity contribution is 5.78. The van der Waals surface area contributed by atoms with E-state index in [0.717, 1.165) is 32.4 Å². The third-order valence-electron chi connectivity index (χ3n) is 3.76. The second-order valence-electron chi connectivity index (χ2n) is 5.58. The number of nitrogens with one attached hydrogen (secondary N) is 1. The van der Waals surface area contributed by atoms with Crippen LogP contribution in [-0.4, -0.2) is 72.1 Å². The molecule has 2 N–H and O–H groups in total. The predicted molar refractivity (Wildman–Crippen MR) is 77.6 cm³/mol. The summed E-state index contributed by atoms with van der Waals surface area (Å²) in [4.78, 5) is 26.5. The summed E-state index contributed by atoms with van der Waals surface area (Å²) in [6.45, 7) is 6.23. The molecule has 0 saturated heterocycles. The van der Waals surface area contributed by atoms with Gasteiger partial charge in [-0.3, -0.25) is 19.4 Å². The van der Waals surface area contributed by atoms with Crippen LogP contribution in [0, 0.1) is 0 Å². The molecule has 0 aromatic carbocycles. The van der Waals surface area contributed by atoms with E-state index in [9.17, 15) is 9.59 Å². The smallest absolute Gasteiger partial charge is 0.317 e. The van der Waals surface area contributed by atoms with Crippen molar-refractivity contribution in [1.82, 2.24) is 15.1 Å². The van der Waals surface area contributed by atoms with Crippen molar-refractivity contribution in [1.29, 1.82) is 0 Å². The van der Waals surface area contributed by atoms with Gasteiger partial charge in [-0.1, -0.05) is 13.8 Å². The third kappa shape index (κ3) is 5.46. The fraction of sp³-hybridized carbons (Fsp3) is 0.857. The van der Waals surface area contributed by atoms with Gasteiger partial charge in [-0.05, 0) is 39.4 Å². The molecule has 20 heavy (non-hydrogen) atoms. The fourth-order valence-corrected chi connectivity index (χ4v) is 2.66. The Labute approximate surface area is 121 Å². The van der Waals surface area contributed by atoms with Gasteiger partial charge < -0.3 is 10.4 Å². The maximum Gasteiger partial charge on any atom is 0.317 e. The number of aliphatic carboxylic acids is 1. The van der Waals surface area contributed by atoms with Gasteiger partial charge in [0.05, 0.1) is 13.1 Å². The number of rotatable bonds is 9. The number of hydrogen-bond acceptors (Lipinski definition) is 4. The maximum absolute atomic E-state index is 11.8. The number of nitrogens with zero attached hydrogens (tertiary/aromatic N) is 2. The summed E-state index contributed by atoms with van der Waals surface area (Å²) in [6, 6.07) is 0.486. The molecule has 1 rings (SSSR count). The van der Waals surface area contributed by atoms with Gasteiger partial charge in [-0.25, -0.2) is 0 Å². The minimum absolute atomic E-state index is 0.0608. The van der Waals surface area contributed by atoms with Crippen LogP contribution in [0.3, 0.4) is 0 Å². The first kappa shape index (κ1) is 16.9. The van der Waals surface area contributed by atoms with Crippen LogP contribution in [0.5, 0.6) is 0 Å². The van der Waals surface area contributed by atoms with Gasteiger partial charge in [0.25, 0.3) is 0 Å². The van der Waals surface area contributed by atoms with E-state index >= 15 is 0 Å². The monoisotopic (exact) mass is 285 g/mol. The molecule has 0 radical (unpaired) electrons. The molecule has 6 nitrogen and oxygen atoms in total. The van der Waals surface area contributed by atoms with E-state index < -0.39 is 5.97 Å². The van der Waals surface area contributed by atoms with Crippen molar-refractivity contribution in [2.75, 3.05) is 33.2 Å². The Morgan fingerprint density at radius 3 is 2.40 bits per heavy atom. The Morgan fingerprint density at radius 2 is 1.90 bits per heavy atom. The molecule has 0 aromatic heterocycles. The van der Waals surface area contributed by atoms with Crippen molar-refractivity contribution in [2.24, 2.45) is 0 Å². The second-order valence-corrected chi connectivity index (χ2v) is 5.58. The van der Waals surface area contributed by atoms with Gasteiger partial charge in [0, 0.05) is 12.1 Å². The van der Waals surface area contributed by atoms with Gasteiger partial charge in [-0.2, -0.15) is 0 Å². The number of carbonyl (C=O) groups excluding carboxylic acids is 1. The minimum Gasteiger partial charge on any atom is -0.480 e. The summed E-state index contributed by atoms with van der Waals surface area (Å²) in [7, 11) is 1.94. The van der Waals surface area contributed by atoms with Crippen molar-refractivity contribution in [3.8, 4) is 0 Å². The molecule has 6 heteroatoms. The van der Waals surface area contributed by atoms with E-state index in [-0.39, 0.29) is 24.5 Å². The van der Waals surface area contributed by atoms with Crippen LogP contribution in [-0.2, 0) is 9.59 Å². The van der Waals surface area contributed by atoms with Crippen LogP contribution < -0.4 is 5.32 Å². The Balaban J connectivity index is 2.23. The molecule has 1 aliphatic rings. The molecule has 1 aliphatic carbocycles. The Bertz CT molecular complexity index is 330. The lowest BCUT2D eigenvalue weighted by molar-refractivity contribution is -0.139. The quantitative estimate of drug-likeness (QED) is 0.641. The lowest BCUT2D eigenvalue weighted by Gasteiger charge is -2.42. The Kier molecular flexibility index (Phi) is 6.95. The molecule has 0 unspecified atom stereocenters. The summed E-state index contributed by atoms with van der Waals surface area (Å²) < 4.78 is 0. The van der Waals surface area contributed by atoms with E-state index in [0.29, 0.717) is 6.54 Å². The van der Waals surface area contributed by atoms with Crippen molar-refractivity contribution < 1.29 is 14.7 Å². The maximum atomic E-state index is 11.8. The number of carboxylic acids is 1. The first-order chi connectivity index (χ1) is 9.46. The number of carbonyl (C=O) groups is 2. The van der Waals surface area contributed by atoms with Crippen LogP contribution in [0.2, 0.25) is 0 Å². The Morgan fingerprint density at radius 1 is 1.25 bits per heavy atom. The van der Waals surface area contributed by atoms with Gasteiger partial charge in [0.1, 0.15) is 0 Å². The van der Waals surface area contributed by atoms with Crippen molar-refractivity contribution in [2.45, 2.75) is 45.2 Å². The first-order valence-electron chi connectivity index (χ1n) is 7.40. The zero-order chi connectivity index (χ0) is 15.1. The van der Waals surface area contributed by atoms with Crippen LogP contribution in [0.1, 0.15) is 33.1 Å². The van der Waals surface area contributed by atoms with E-state index in [4.69, 9.17) is 5.11 Å². The first-order valence-corrected chi connectivity index (χ1v) is 7.40. The van der Waals surface area contributed by atoms with Crippen LogP contribution in [0.15, 0.2) is 0 Å². The summed E-state index contributed by atoms with van der Waals surface area (Å²) in [6.07, 6.45) is 2.74. The van der Waals surface area contributed by atoms with E-state index in [1.807, 2.05) is 23.8 Å². The average Bonchev–Trinajstić information content (AvgIpc) is 2.30. The SMILES string of the molecule is CCCN(C)CC(=O)NC1CC(N(CC)CC(=O)O)C1. The number of amides is 1. The lowest BCUT2D eigenvalue weighted by Crippen LogP contribution is -2.55. The molecule has 0 atom stereocenters. The highest BCUT2D eigenvalue weighted by Gasteiger charge is 2.34. The van der Waals surface area contributed by atoms with Gasteiger partial charge in [0.15, 0.2) is 0 Å². The van der Waals surface area contributed by atoms with Gasteiger partial charge in [-0.15, -0.1) is 0 Å². The van der Waals surface area contributed by atoms with Crippen LogP contribution in [0.4, 0.5) is 0 Å². The average molecular weight is 285 g/mol. The number of hydrogen-bond donors (Lipinski definition) is 2. The molecular weight excluding hydrogens is 258 g/mol. The molecule has 1 saturated carbocycles. The van der Waals surface area contributed by atoms with E-state index in [1.165, 1.54) is 0 Å². The minimum atomic E-state index is -0.791. The number of carboxylic acid groups (broad SMARTS) is 1. The molecule has 1 fully saturated rings. The van der Waals surface area contributed by atoms with Gasteiger partial charge >= 0.3 is 5.97 Å². The molecule has 1 amide bonds. The molecule has 0 heterocycles. The normalized spacial score (nSPS) is 21.9. The highest BCUT2D eigenvalue weighted by Crippen LogP contribution is 2.25. The van der Waals surface area contributed by atoms with Crippen molar-refractivity contribution >= 4 is 11.9 Å². The van der Waals surface area contributed by atoms with E-state index in [1.54, 1.807) is 0 Å². The van der Waals surface area contributed by atoms with Gasteiger partial charge in [0.2, 0.25) is 5.91 Å². The summed E-state index contributed by atoms with van der Waals surface area (Å²) >= 11 is 0. The van der Waals surface area contributed by atoms with Crippen molar-refractivity contribution in [3.63, 3.8) is 0 Å². The fourth-order valence-electron chi connectivity index (χ4n) is 2.66. The largest absolute Gasteiger partial charge is 0.480 e. The molecule has 0 aromatic rings. The Hall–Kier alpha value is -1.14. The van der Waals surface area contributed by atoms with E-state index in [2.05, 4.69) is 12.2 Å². The second kappa shape index (κ2) is 8.21. The van der Waals surface area contributed by atoms with Crippen molar-refractivity contribution in [3.05, 3.63) is 0 Å². The zero-order valence-corrected chi connectivity index (χ0v) is 12.8. The standard InChI is InChI=1S/C14H27N3O3/c1-4-6-16(3)9-13(18)15-11-7-12(8-11)17(5-2)10-14(19)20/h11-12H,4-10H2,1-3H3,(H,15,18)(H,19,20). The summed E-state index contributed by atoms with van der Waals surface area (Å²) in [5.74, 6) is -0.730. The molecule has 0 bridgehead atoms. The topological polar surface area (TPSA) is 72.9 Å². The molecule has 116 valence electrons. The summed E-state index contributed by atoms with van der Waals surface area (Å²) in [5.41, 5.74) is 0.